The lowest BCUT2D eigenvalue weighted by Crippen LogP contribution is -2.43. The highest BCUT2D eigenvalue weighted by Crippen LogP contribution is 2.34. The number of hydrogen-bond donors (Lipinski definition) is 1. The second kappa shape index (κ2) is 10.5. The Hall–Kier alpha value is -3.63. The molecule has 1 heterocycles. The van der Waals surface area contributed by atoms with E-state index in [-0.39, 0.29) is 22.7 Å². The van der Waals surface area contributed by atoms with Crippen LogP contribution in [-0.4, -0.2) is 59.0 Å². The van der Waals surface area contributed by atoms with Gasteiger partial charge in [-0.1, -0.05) is 30.3 Å². The van der Waals surface area contributed by atoms with E-state index >= 15 is 0 Å². The van der Waals surface area contributed by atoms with Crippen molar-refractivity contribution in [2.75, 3.05) is 39.7 Å². The van der Waals surface area contributed by atoms with Gasteiger partial charge in [0.2, 0.25) is 15.9 Å². The molecular weight excluding hydrogens is 484 g/mol. The molecule has 3 aromatic rings. The molecule has 1 atom stereocenters. The lowest BCUT2D eigenvalue weighted by atomic mass is 9.98. The third-order valence-corrected chi connectivity index (χ3v) is 8.16. The van der Waals surface area contributed by atoms with Gasteiger partial charge in [0.25, 0.3) is 0 Å². The lowest BCUT2D eigenvalue weighted by Gasteiger charge is -2.31. The van der Waals surface area contributed by atoms with Gasteiger partial charge in [0.15, 0.2) is 11.5 Å². The Morgan fingerprint density at radius 2 is 1.64 bits per heavy atom. The highest BCUT2D eigenvalue weighted by atomic mass is 32.2. The lowest BCUT2D eigenvalue weighted by molar-refractivity contribution is -0.120. The number of ether oxygens (including phenoxy) is 3. The number of sulfonamides is 1. The molecule has 190 valence electrons. The van der Waals surface area contributed by atoms with E-state index in [0.717, 1.165) is 10.8 Å². The largest absolute Gasteiger partial charge is 0.493 e. The predicted molar refractivity (Wildman–Crippen MR) is 135 cm³/mol. The molecule has 36 heavy (non-hydrogen) atoms. The number of carbonyl (C=O) groups is 2. The molecule has 1 saturated heterocycles. The van der Waals surface area contributed by atoms with Crippen molar-refractivity contribution in [3.63, 3.8) is 0 Å². The number of carbonyl (C=O) groups excluding carboxylic acids is 2. The molecule has 0 radical (unpaired) electrons. The first-order chi connectivity index (χ1) is 17.3. The van der Waals surface area contributed by atoms with Crippen LogP contribution in [0.15, 0.2) is 59.5 Å². The second-order valence-electron chi connectivity index (χ2n) is 8.44. The maximum Gasteiger partial charge on any atom is 0.340 e. The second-order valence-corrected chi connectivity index (χ2v) is 10.4. The number of nitrogens with zero attached hydrogens (tertiary/aromatic N) is 1. The topological polar surface area (TPSA) is 111 Å². The van der Waals surface area contributed by atoms with E-state index in [9.17, 15) is 18.0 Å². The van der Waals surface area contributed by atoms with Crippen LogP contribution < -0.4 is 14.8 Å². The van der Waals surface area contributed by atoms with Crippen LogP contribution in [-0.2, 0) is 19.6 Å². The Labute approximate surface area is 210 Å². The molecule has 1 fully saturated rings. The van der Waals surface area contributed by atoms with E-state index in [0.29, 0.717) is 30.9 Å². The number of methoxy groups -OCH3 is 3. The highest BCUT2D eigenvalue weighted by Gasteiger charge is 2.34. The summed E-state index contributed by atoms with van der Waals surface area (Å²) in [5.41, 5.74) is 0.291. The van der Waals surface area contributed by atoms with Crippen molar-refractivity contribution in [2.24, 2.45) is 5.92 Å². The molecule has 1 aliphatic heterocycles. The van der Waals surface area contributed by atoms with Crippen LogP contribution >= 0.6 is 0 Å². The van der Waals surface area contributed by atoms with Crippen LogP contribution in [0.25, 0.3) is 10.8 Å². The molecule has 0 aromatic heterocycles. The number of rotatable bonds is 7. The third kappa shape index (κ3) is 5.00. The van der Waals surface area contributed by atoms with Crippen molar-refractivity contribution in [1.29, 1.82) is 0 Å². The predicted octanol–water partition coefficient (Wildman–Crippen LogP) is 3.68. The maximum absolute atomic E-state index is 13.4. The van der Waals surface area contributed by atoms with Gasteiger partial charge >= 0.3 is 5.97 Å². The fourth-order valence-corrected chi connectivity index (χ4v) is 5.91. The van der Waals surface area contributed by atoms with E-state index in [2.05, 4.69) is 5.32 Å². The molecule has 0 saturated carbocycles. The van der Waals surface area contributed by atoms with Gasteiger partial charge in [0.05, 0.1) is 43.4 Å². The van der Waals surface area contributed by atoms with E-state index < -0.39 is 27.8 Å². The van der Waals surface area contributed by atoms with Gasteiger partial charge in [0.1, 0.15) is 0 Å². The van der Waals surface area contributed by atoms with Crippen LogP contribution in [0.3, 0.4) is 0 Å². The van der Waals surface area contributed by atoms with Gasteiger partial charge in [-0.2, -0.15) is 4.31 Å². The monoisotopic (exact) mass is 512 g/mol. The standard InChI is InChI=1S/C26H28N2O7S/c1-33-23-14-21(26(30)35-3)22(15-24(23)34-2)27-25(29)19-9-6-12-28(16-19)36(31,32)20-11-10-17-7-4-5-8-18(17)13-20/h4-5,7-8,10-11,13-15,19H,6,9,12,16H2,1-3H3,(H,27,29)/t19-/m0/s1. The quantitative estimate of drug-likeness (QED) is 0.481. The number of anilines is 1. The smallest absolute Gasteiger partial charge is 0.340 e. The number of hydrogen-bond acceptors (Lipinski definition) is 7. The summed E-state index contributed by atoms with van der Waals surface area (Å²) in [7, 11) is 0.319. The summed E-state index contributed by atoms with van der Waals surface area (Å²) in [5, 5.41) is 4.54. The van der Waals surface area contributed by atoms with E-state index in [4.69, 9.17) is 14.2 Å². The van der Waals surface area contributed by atoms with Gasteiger partial charge in [-0.3, -0.25) is 4.79 Å². The first kappa shape index (κ1) is 25.5. The molecule has 0 bridgehead atoms. The zero-order valence-corrected chi connectivity index (χ0v) is 21.1. The number of nitrogens with one attached hydrogen (secondary N) is 1. The number of fused-ring (bicyclic) bond motifs is 1. The SMILES string of the molecule is COC(=O)c1cc(OC)c(OC)cc1NC(=O)[C@H]1CCCN(S(=O)(=O)c2ccc3ccccc3c2)C1. The maximum atomic E-state index is 13.4. The fourth-order valence-electron chi connectivity index (χ4n) is 4.35. The Morgan fingerprint density at radius 1 is 0.944 bits per heavy atom. The van der Waals surface area contributed by atoms with Crippen molar-refractivity contribution in [3.8, 4) is 11.5 Å². The van der Waals surface area contributed by atoms with Crippen LogP contribution in [0.1, 0.15) is 23.2 Å². The van der Waals surface area contributed by atoms with Crippen molar-refractivity contribution in [2.45, 2.75) is 17.7 Å². The first-order valence-electron chi connectivity index (χ1n) is 11.4. The summed E-state index contributed by atoms with van der Waals surface area (Å²) in [6, 6.07) is 15.5. The van der Waals surface area contributed by atoms with Crippen LogP contribution in [0, 0.1) is 5.92 Å². The third-order valence-electron chi connectivity index (χ3n) is 6.30. The molecule has 0 unspecified atom stereocenters. The number of esters is 1. The molecule has 9 nitrogen and oxygen atoms in total. The van der Waals surface area contributed by atoms with Gasteiger partial charge in [0, 0.05) is 25.2 Å². The Bertz CT molecular complexity index is 1400. The zero-order chi connectivity index (χ0) is 25.9. The molecule has 10 heteroatoms. The average Bonchev–Trinajstić information content (AvgIpc) is 2.92. The van der Waals surface area contributed by atoms with E-state index in [1.165, 1.54) is 37.8 Å². The molecular formula is C26H28N2O7S. The summed E-state index contributed by atoms with van der Waals surface area (Å²) in [6.45, 7) is 0.352. The minimum absolute atomic E-state index is 0.0296. The molecule has 1 aliphatic rings. The van der Waals surface area contributed by atoms with Crippen LogP contribution in [0.5, 0.6) is 11.5 Å². The van der Waals surface area contributed by atoms with E-state index in [1.807, 2.05) is 24.3 Å². The van der Waals surface area contributed by atoms with Crippen molar-refractivity contribution in [1.82, 2.24) is 4.31 Å². The van der Waals surface area contributed by atoms with Crippen molar-refractivity contribution < 1.29 is 32.2 Å². The van der Waals surface area contributed by atoms with Gasteiger partial charge in [-0.05, 0) is 35.7 Å². The average molecular weight is 513 g/mol. The summed E-state index contributed by atoms with van der Waals surface area (Å²) < 4.78 is 43.5. The fraction of sp³-hybridized carbons (Fsp3) is 0.308. The minimum Gasteiger partial charge on any atom is -0.493 e. The normalized spacial score (nSPS) is 16.4. The summed E-state index contributed by atoms with van der Waals surface area (Å²) in [4.78, 5) is 25.7. The van der Waals surface area contributed by atoms with Crippen LogP contribution in [0.2, 0.25) is 0 Å². The Kier molecular flexibility index (Phi) is 7.46. The van der Waals surface area contributed by atoms with Gasteiger partial charge in [-0.25, -0.2) is 13.2 Å². The molecule has 3 aromatic carbocycles. The van der Waals surface area contributed by atoms with Gasteiger partial charge < -0.3 is 19.5 Å². The van der Waals surface area contributed by atoms with Crippen molar-refractivity contribution in [3.05, 3.63) is 60.2 Å². The molecule has 1 amide bonds. The molecule has 0 aliphatic carbocycles. The summed E-state index contributed by atoms with van der Waals surface area (Å²) in [5.74, 6) is -1.03. The Balaban J connectivity index is 1.57. The number of amides is 1. The highest BCUT2D eigenvalue weighted by molar-refractivity contribution is 7.89. The number of benzene rings is 3. The van der Waals surface area contributed by atoms with Crippen LogP contribution in [0.4, 0.5) is 5.69 Å². The zero-order valence-electron chi connectivity index (χ0n) is 20.3. The van der Waals surface area contributed by atoms with E-state index in [1.54, 1.807) is 18.2 Å². The molecule has 1 N–H and O–H groups in total. The van der Waals surface area contributed by atoms with Crippen molar-refractivity contribution >= 4 is 38.4 Å². The summed E-state index contributed by atoms with van der Waals surface area (Å²) in [6.07, 6.45) is 1.04. The summed E-state index contributed by atoms with van der Waals surface area (Å²) >= 11 is 0. The first-order valence-corrected chi connectivity index (χ1v) is 12.9. The molecule has 0 spiro atoms. The van der Waals surface area contributed by atoms with Gasteiger partial charge in [-0.15, -0.1) is 0 Å². The molecule has 4 rings (SSSR count). The Morgan fingerprint density at radius 3 is 2.33 bits per heavy atom. The minimum atomic E-state index is -3.80. The number of piperidine rings is 1.